The molecule has 4 N–H and O–H groups in total. The average Bonchev–Trinajstić information content (AvgIpc) is 2.94. The number of anilines is 1. The Balaban J connectivity index is 2.03. The first-order valence-electron chi connectivity index (χ1n) is 5.96. The lowest BCUT2D eigenvalue weighted by molar-refractivity contribution is 0.404. The summed E-state index contributed by atoms with van der Waals surface area (Å²) in [4.78, 5) is 4.27. The van der Waals surface area contributed by atoms with Crippen molar-refractivity contribution < 1.29 is 14.7 Å². The Hall–Kier alpha value is -2.54. The number of phenolic OH excluding ortho intramolecular Hbond substituents is 2. The van der Waals surface area contributed by atoms with E-state index in [0.717, 1.165) is 4.47 Å². The maximum atomic E-state index is 9.51. The zero-order valence-corrected chi connectivity index (χ0v) is 12.2. The summed E-state index contributed by atoms with van der Waals surface area (Å²) in [5.41, 5.74) is 7.53. The number of nitrogens with two attached hydrogens (primary N) is 1. The maximum Gasteiger partial charge on any atom is 0.259 e. The third kappa shape index (κ3) is 2.55. The van der Waals surface area contributed by atoms with Crippen LogP contribution in [-0.4, -0.2) is 20.4 Å². The first-order chi connectivity index (χ1) is 10.0. The van der Waals surface area contributed by atoms with Crippen molar-refractivity contribution >= 4 is 21.6 Å². The molecule has 0 amide bonds. The minimum Gasteiger partial charge on any atom is -0.504 e. The van der Waals surface area contributed by atoms with Crippen molar-refractivity contribution in [2.75, 3.05) is 5.73 Å². The van der Waals surface area contributed by atoms with Crippen LogP contribution in [-0.2, 0) is 0 Å². The summed E-state index contributed by atoms with van der Waals surface area (Å²) in [6, 6.07) is 9.56. The quantitative estimate of drug-likeness (QED) is 0.485. The Kier molecular flexibility index (Phi) is 3.26. The largest absolute Gasteiger partial charge is 0.504 e. The Morgan fingerprint density at radius 1 is 1.05 bits per heavy atom. The van der Waals surface area contributed by atoms with E-state index >= 15 is 0 Å². The number of phenols is 2. The first kappa shape index (κ1) is 13.4. The number of benzene rings is 2. The molecule has 0 bridgehead atoms. The van der Waals surface area contributed by atoms with Gasteiger partial charge in [0, 0.05) is 15.7 Å². The van der Waals surface area contributed by atoms with Crippen LogP contribution in [0.1, 0.15) is 0 Å². The minimum atomic E-state index is -0.246. The van der Waals surface area contributed by atoms with Crippen molar-refractivity contribution in [1.29, 1.82) is 0 Å². The highest BCUT2D eigenvalue weighted by Crippen LogP contribution is 2.32. The van der Waals surface area contributed by atoms with Gasteiger partial charge in [-0.3, -0.25) is 0 Å². The van der Waals surface area contributed by atoms with Gasteiger partial charge in [0.1, 0.15) is 0 Å². The van der Waals surface area contributed by atoms with Crippen LogP contribution < -0.4 is 5.73 Å². The van der Waals surface area contributed by atoms with Gasteiger partial charge < -0.3 is 20.5 Å². The molecule has 0 radical (unpaired) electrons. The van der Waals surface area contributed by atoms with Crippen LogP contribution in [0.2, 0.25) is 0 Å². The molecule has 0 aliphatic heterocycles. The van der Waals surface area contributed by atoms with Crippen LogP contribution in [0.15, 0.2) is 45.4 Å². The minimum absolute atomic E-state index is 0.207. The first-order valence-corrected chi connectivity index (χ1v) is 6.75. The molecule has 0 unspecified atom stereocenters. The molecular formula is C14H10BrN3O3. The zero-order valence-electron chi connectivity index (χ0n) is 10.6. The Morgan fingerprint density at radius 2 is 1.86 bits per heavy atom. The average molecular weight is 348 g/mol. The van der Waals surface area contributed by atoms with Crippen molar-refractivity contribution in [3.63, 3.8) is 0 Å². The molecule has 3 aromatic rings. The van der Waals surface area contributed by atoms with Gasteiger partial charge in [0.05, 0.1) is 5.56 Å². The summed E-state index contributed by atoms with van der Waals surface area (Å²) in [5, 5.41) is 22.7. The Labute approximate surface area is 128 Å². The topological polar surface area (TPSA) is 105 Å². The Bertz CT molecular complexity index is 817. The molecule has 0 fully saturated rings. The van der Waals surface area contributed by atoms with E-state index in [1.807, 2.05) is 0 Å². The van der Waals surface area contributed by atoms with Crippen LogP contribution in [0.25, 0.3) is 22.8 Å². The van der Waals surface area contributed by atoms with Gasteiger partial charge in [-0.15, -0.1) is 0 Å². The SMILES string of the molecule is Nc1ccc(Br)c(-c2nc(-c3ccc(O)c(O)c3)no2)c1. The highest BCUT2D eigenvalue weighted by atomic mass is 79.9. The molecule has 2 aromatic carbocycles. The zero-order chi connectivity index (χ0) is 15.0. The molecule has 0 saturated heterocycles. The number of aromatic nitrogens is 2. The van der Waals surface area contributed by atoms with Gasteiger partial charge in [-0.1, -0.05) is 5.16 Å². The van der Waals surface area contributed by atoms with E-state index in [0.29, 0.717) is 28.5 Å². The highest BCUT2D eigenvalue weighted by molar-refractivity contribution is 9.10. The van der Waals surface area contributed by atoms with Crippen LogP contribution in [0.5, 0.6) is 11.5 Å². The molecule has 0 atom stereocenters. The van der Waals surface area contributed by atoms with Gasteiger partial charge in [-0.25, -0.2) is 0 Å². The number of hydrogen-bond donors (Lipinski definition) is 3. The fourth-order valence-corrected chi connectivity index (χ4v) is 2.24. The van der Waals surface area contributed by atoms with Crippen LogP contribution in [0.4, 0.5) is 5.69 Å². The van der Waals surface area contributed by atoms with Crippen molar-refractivity contribution in [2.45, 2.75) is 0 Å². The third-order valence-electron chi connectivity index (χ3n) is 2.88. The predicted octanol–water partition coefficient (Wildman–Crippen LogP) is 3.16. The number of aromatic hydroxyl groups is 2. The summed E-state index contributed by atoms with van der Waals surface area (Å²) >= 11 is 3.40. The molecule has 21 heavy (non-hydrogen) atoms. The molecule has 0 aliphatic carbocycles. The fraction of sp³-hybridized carbons (Fsp3) is 0. The molecule has 0 spiro atoms. The lowest BCUT2D eigenvalue weighted by Crippen LogP contribution is -1.87. The van der Waals surface area contributed by atoms with Gasteiger partial charge in [0.2, 0.25) is 5.82 Å². The van der Waals surface area contributed by atoms with E-state index < -0.39 is 0 Å². The smallest absolute Gasteiger partial charge is 0.259 e. The van der Waals surface area contributed by atoms with Crippen molar-refractivity contribution in [1.82, 2.24) is 10.1 Å². The molecular weight excluding hydrogens is 338 g/mol. The van der Waals surface area contributed by atoms with Crippen molar-refractivity contribution in [3.05, 3.63) is 40.9 Å². The van der Waals surface area contributed by atoms with Crippen LogP contribution in [0, 0.1) is 0 Å². The second kappa shape index (κ2) is 5.10. The summed E-state index contributed by atoms with van der Waals surface area (Å²) in [5.74, 6) is 0.149. The van der Waals surface area contributed by atoms with Crippen molar-refractivity contribution in [3.8, 4) is 34.3 Å². The normalized spacial score (nSPS) is 10.7. The number of halogens is 1. The lowest BCUT2D eigenvalue weighted by atomic mass is 10.2. The van der Waals surface area contributed by atoms with Gasteiger partial charge in [0.15, 0.2) is 11.5 Å². The van der Waals surface area contributed by atoms with Crippen LogP contribution in [0.3, 0.4) is 0 Å². The van der Waals surface area contributed by atoms with E-state index in [-0.39, 0.29) is 11.5 Å². The summed E-state index contributed by atoms with van der Waals surface area (Å²) in [6.07, 6.45) is 0. The summed E-state index contributed by atoms with van der Waals surface area (Å²) in [7, 11) is 0. The highest BCUT2D eigenvalue weighted by Gasteiger charge is 2.14. The monoisotopic (exact) mass is 347 g/mol. The van der Waals surface area contributed by atoms with E-state index in [9.17, 15) is 10.2 Å². The molecule has 0 saturated carbocycles. The van der Waals surface area contributed by atoms with Gasteiger partial charge in [0.25, 0.3) is 5.89 Å². The predicted molar refractivity (Wildman–Crippen MR) is 80.6 cm³/mol. The van der Waals surface area contributed by atoms with E-state index in [1.165, 1.54) is 12.1 Å². The van der Waals surface area contributed by atoms with Gasteiger partial charge >= 0.3 is 0 Å². The summed E-state index contributed by atoms with van der Waals surface area (Å²) < 4.78 is 6.00. The van der Waals surface area contributed by atoms with E-state index in [2.05, 4.69) is 26.1 Å². The van der Waals surface area contributed by atoms with Gasteiger partial charge in [-0.2, -0.15) is 4.98 Å². The maximum absolute atomic E-state index is 9.51. The van der Waals surface area contributed by atoms with Crippen LogP contribution >= 0.6 is 15.9 Å². The standard InChI is InChI=1S/C14H10BrN3O3/c15-10-3-2-8(16)6-9(10)14-17-13(18-21-14)7-1-4-11(19)12(20)5-7/h1-6,19-20H,16H2. The molecule has 1 heterocycles. The van der Waals surface area contributed by atoms with E-state index in [4.69, 9.17) is 10.3 Å². The molecule has 6 nitrogen and oxygen atoms in total. The molecule has 106 valence electrons. The third-order valence-corrected chi connectivity index (χ3v) is 3.57. The fourth-order valence-electron chi connectivity index (χ4n) is 1.82. The number of nitrogens with zero attached hydrogens (tertiary/aromatic N) is 2. The summed E-state index contributed by atoms with van der Waals surface area (Å²) in [6.45, 7) is 0. The second-order valence-corrected chi connectivity index (χ2v) is 5.22. The van der Waals surface area contributed by atoms with Gasteiger partial charge in [-0.05, 0) is 52.3 Å². The number of hydrogen-bond acceptors (Lipinski definition) is 6. The Morgan fingerprint density at radius 3 is 2.62 bits per heavy atom. The van der Waals surface area contributed by atoms with E-state index in [1.54, 1.807) is 24.3 Å². The number of rotatable bonds is 2. The van der Waals surface area contributed by atoms with Crippen molar-refractivity contribution in [2.24, 2.45) is 0 Å². The molecule has 3 rings (SSSR count). The molecule has 0 aliphatic rings. The number of nitrogen functional groups attached to an aromatic ring is 1. The lowest BCUT2D eigenvalue weighted by Gasteiger charge is -2.00. The molecule has 1 aromatic heterocycles. The molecule has 7 heteroatoms. The second-order valence-electron chi connectivity index (χ2n) is 4.37.